The van der Waals surface area contributed by atoms with Gasteiger partial charge in [-0.1, -0.05) is 11.8 Å². The van der Waals surface area contributed by atoms with Crippen LogP contribution in [0.25, 0.3) is 10.9 Å². The van der Waals surface area contributed by atoms with E-state index in [0.29, 0.717) is 16.8 Å². The van der Waals surface area contributed by atoms with Gasteiger partial charge in [-0.2, -0.15) is 0 Å². The topological polar surface area (TPSA) is 107 Å². The molecule has 0 saturated carbocycles. The van der Waals surface area contributed by atoms with Crippen molar-refractivity contribution < 1.29 is 19.5 Å². The summed E-state index contributed by atoms with van der Waals surface area (Å²) < 4.78 is 5.86. The number of benzene rings is 2. The summed E-state index contributed by atoms with van der Waals surface area (Å²) in [5, 5.41) is 12.2. The average molecular weight is 420 g/mol. The number of H-pyrrole nitrogens is 1. The summed E-state index contributed by atoms with van der Waals surface area (Å²) in [6.45, 7) is 2.13. The lowest BCUT2D eigenvalue weighted by atomic mass is 10.1. The van der Waals surface area contributed by atoms with Crippen LogP contribution in [-0.2, 0) is 0 Å². The van der Waals surface area contributed by atoms with Crippen molar-refractivity contribution in [1.82, 2.24) is 20.7 Å². The molecule has 8 heteroatoms. The average Bonchev–Trinajstić information content (AvgIpc) is 3.20. The smallest absolute Gasteiger partial charge is 0.274 e. The second kappa shape index (κ2) is 9.80. The predicted octanol–water partition coefficient (Wildman–Crippen LogP) is 2.35. The summed E-state index contributed by atoms with van der Waals surface area (Å²) in [6, 6.07) is 13.8. The maximum Gasteiger partial charge on any atom is 0.274 e. The number of ether oxygens (including phenoxy) is 1. The molecule has 1 aromatic heterocycles. The van der Waals surface area contributed by atoms with E-state index in [-0.39, 0.29) is 18.7 Å². The van der Waals surface area contributed by atoms with E-state index < -0.39 is 5.91 Å². The Hall–Kier alpha value is -3.80. The Morgan fingerprint density at radius 1 is 1.13 bits per heavy atom. The molecule has 0 radical (unpaired) electrons. The first-order chi connectivity index (χ1) is 14.9. The van der Waals surface area contributed by atoms with E-state index in [0.717, 1.165) is 16.7 Å². The number of amides is 2. The number of rotatable bonds is 6. The van der Waals surface area contributed by atoms with Gasteiger partial charge >= 0.3 is 0 Å². The number of nitrogens with one attached hydrogen (secondary N) is 3. The molecule has 31 heavy (non-hydrogen) atoms. The molecule has 0 bridgehead atoms. The number of aromatic amines is 1. The van der Waals surface area contributed by atoms with Gasteiger partial charge in [0.25, 0.3) is 11.8 Å². The molecule has 2 aromatic carbocycles. The van der Waals surface area contributed by atoms with Gasteiger partial charge in [0.15, 0.2) is 0 Å². The summed E-state index contributed by atoms with van der Waals surface area (Å²) in [5.74, 6) is 5.66. The first-order valence-corrected chi connectivity index (χ1v) is 9.65. The number of hydroxylamine groups is 1. The van der Waals surface area contributed by atoms with Gasteiger partial charge in [0.2, 0.25) is 0 Å². The minimum absolute atomic E-state index is 0.0687. The lowest BCUT2D eigenvalue weighted by Crippen LogP contribution is -2.30. The minimum Gasteiger partial charge on any atom is -0.475 e. The molecule has 0 spiro atoms. The van der Waals surface area contributed by atoms with E-state index in [2.05, 4.69) is 22.1 Å². The third-order valence-corrected chi connectivity index (χ3v) is 4.69. The molecule has 3 aromatic rings. The van der Waals surface area contributed by atoms with Crippen molar-refractivity contribution in [3.63, 3.8) is 0 Å². The highest BCUT2D eigenvalue weighted by Crippen LogP contribution is 2.22. The fraction of sp³-hybridized carbons (Fsp3) is 0.217. The maximum absolute atomic E-state index is 12.4. The Labute approximate surface area is 180 Å². The standard InChI is InChI=1S/C23H24N4O4/c1-15(27(2)3)31-19-10-11-20-18(13-19)14-21(25-20)23(29)24-12-4-5-16-6-8-17(9-7-16)22(28)26-30/h6-11,13-15,25,30H,12H2,1-3H3,(H,24,29)(H,26,28). The van der Waals surface area contributed by atoms with E-state index in [9.17, 15) is 9.59 Å². The van der Waals surface area contributed by atoms with Gasteiger partial charge in [-0.25, -0.2) is 5.48 Å². The lowest BCUT2D eigenvalue weighted by molar-refractivity contribution is 0.0706. The van der Waals surface area contributed by atoms with Crippen LogP contribution in [-0.4, -0.2) is 53.8 Å². The molecule has 160 valence electrons. The second-order valence-electron chi connectivity index (χ2n) is 7.12. The third kappa shape index (κ3) is 5.63. The highest BCUT2D eigenvalue weighted by molar-refractivity contribution is 5.98. The number of carbonyl (C=O) groups is 2. The van der Waals surface area contributed by atoms with Crippen LogP contribution in [0.4, 0.5) is 0 Å². The molecule has 4 N–H and O–H groups in total. The van der Waals surface area contributed by atoms with Gasteiger partial charge in [0.1, 0.15) is 17.7 Å². The van der Waals surface area contributed by atoms with Crippen molar-refractivity contribution in [2.24, 2.45) is 0 Å². The van der Waals surface area contributed by atoms with Crippen LogP contribution >= 0.6 is 0 Å². The molecule has 0 fully saturated rings. The van der Waals surface area contributed by atoms with Gasteiger partial charge in [-0.15, -0.1) is 0 Å². The SMILES string of the molecule is CC(Oc1ccc2[nH]c(C(=O)NCC#Cc3ccc(C(=O)NO)cc3)cc2c1)N(C)C. The zero-order valence-electron chi connectivity index (χ0n) is 17.5. The number of aromatic nitrogens is 1. The molecule has 0 saturated heterocycles. The van der Waals surface area contributed by atoms with Crippen LogP contribution in [0.2, 0.25) is 0 Å². The summed E-state index contributed by atoms with van der Waals surface area (Å²) >= 11 is 0. The Morgan fingerprint density at radius 2 is 1.87 bits per heavy atom. The molecular formula is C23H24N4O4. The van der Waals surface area contributed by atoms with Crippen molar-refractivity contribution in [3.05, 3.63) is 65.4 Å². The van der Waals surface area contributed by atoms with E-state index in [1.54, 1.807) is 35.8 Å². The predicted molar refractivity (Wildman–Crippen MR) is 117 cm³/mol. The fourth-order valence-corrected chi connectivity index (χ4v) is 2.74. The first-order valence-electron chi connectivity index (χ1n) is 9.65. The summed E-state index contributed by atoms with van der Waals surface area (Å²) in [7, 11) is 3.88. The zero-order chi connectivity index (χ0) is 22.4. The first kappa shape index (κ1) is 21.9. The van der Waals surface area contributed by atoms with E-state index in [1.807, 2.05) is 44.1 Å². The van der Waals surface area contributed by atoms with Crippen LogP contribution in [0.5, 0.6) is 5.75 Å². The highest BCUT2D eigenvalue weighted by Gasteiger charge is 2.11. The lowest BCUT2D eigenvalue weighted by Gasteiger charge is -2.21. The fourth-order valence-electron chi connectivity index (χ4n) is 2.74. The number of nitrogens with zero attached hydrogens (tertiary/aromatic N) is 1. The van der Waals surface area contributed by atoms with Crippen molar-refractivity contribution in [1.29, 1.82) is 0 Å². The van der Waals surface area contributed by atoms with Crippen molar-refractivity contribution >= 4 is 22.7 Å². The quantitative estimate of drug-likeness (QED) is 0.212. The van der Waals surface area contributed by atoms with Crippen molar-refractivity contribution in [3.8, 4) is 17.6 Å². The summed E-state index contributed by atoms with van der Waals surface area (Å²) in [6.07, 6.45) is -0.0687. The Kier molecular flexibility index (Phi) is 6.92. The van der Waals surface area contributed by atoms with E-state index >= 15 is 0 Å². The number of hydrogen-bond acceptors (Lipinski definition) is 5. The molecule has 1 atom stereocenters. The van der Waals surface area contributed by atoms with E-state index in [4.69, 9.17) is 9.94 Å². The Bertz CT molecular complexity index is 1140. The normalized spacial score (nSPS) is 11.5. The second-order valence-corrected chi connectivity index (χ2v) is 7.12. The molecule has 0 aliphatic carbocycles. The molecular weight excluding hydrogens is 396 g/mol. The molecule has 1 heterocycles. The number of hydrogen-bond donors (Lipinski definition) is 4. The summed E-state index contributed by atoms with van der Waals surface area (Å²) in [5.41, 5.74) is 3.86. The van der Waals surface area contributed by atoms with Crippen molar-refractivity contribution in [2.75, 3.05) is 20.6 Å². The largest absolute Gasteiger partial charge is 0.475 e. The molecule has 3 rings (SSSR count). The number of fused-ring (bicyclic) bond motifs is 1. The van der Waals surface area contributed by atoms with Gasteiger partial charge in [0, 0.05) is 22.0 Å². The Morgan fingerprint density at radius 3 is 2.55 bits per heavy atom. The van der Waals surface area contributed by atoms with Crippen LogP contribution in [0.1, 0.15) is 33.3 Å². The molecule has 2 amide bonds. The number of carbonyl (C=O) groups excluding carboxylic acids is 2. The van der Waals surface area contributed by atoms with Crippen LogP contribution < -0.4 is 15.5 Å². The molecule has 1 unspecified atom stereocenters. The van der Waals surface area contributed by atoms with Gasteiger partial charge in [-0.3, -0.25) is 19.7 Å². The molecule has 8 nitrogen and oxygen atoms in total. The monoisotopic (exact) mass is 420 g/mol. The zero-order valence-corrected chi connectivity index (χ0v) is 17.5. The third-order valence-electron chi connectivity index (χ3n) is 4.69. The minimum atomic E-state index is -0.587. The highest BCUT2D eigenvalue weighted by atomic mass is 16.5. The van der Waals surface area contributed by atoms with E-state index in [1.165, 1.54) is 0 Å². The molecule has 0 aliphatic heterocycles. The Balaban J connectivity index is 1.59. The van der Waals surface area contributed by atoms with Gasteiger partial charge in [0.05, 0.1) is 6.54 Å². The molecule has 0 aliphatic rings. The van der Waals surface area contributed by atoms with Crippen molar-refractivity contribution in [2.45, 2.75) is 13.2 Å². The van der Waals surface area contributed by atoms with Crippen LogP contribution in [0, 0.1) is 11.8 Å². The van der Waals surface area contributed by atoms with Crippen LogP contribution in [0.15, 0.2) is 48.5 Å². The van der Waals surface area contributed by atoms with Gasteiger partial charge in [-0.05, 0) is 69.6 Å². The van der Waals surface area contributed by atoms with Gasteiger partial charge < -0.3 is 15.0 Å². The maximum atomic E-state index is 12.4. The van der Waals surface area contributed by atoms with Crippen LogP contribution in [0.3, 0.4) is 0 Å². The summed E-state index contributed by atoms with van der Waals surface area (Å²) in [4.78, 5) is 28.8.